The summed E-state index contributed by atoms with van der Waals surface area (Å²) in [7, 11) is 0. The zero-order valence-electron chi connectivity index (χ0n) is 19.4. The number of nitrogens with zero attached hydrogens (tertiary/aromatic N) is 3. The van der Waals surface area contributed by atoms with Crippen LogP contribution in [0.25, 0.3) is 21.8 Å². The van der Waals surface area contributed by atoms with E-state index < -0.39 is 5.95 Å². The van der Waals surface area contributed by atoms with Gasteiger partial charge in [-0.15, -0.1) is 24.8 Å². The van der Waals surface area contributed by atoms with Crippen LogP contribution in [0.2, 0.25) is 0 Å². The molecule has 0 atom stereocenters. The molecule has 0 aliphatic rings. The lowest BCUT2D eigenvalue weighted by molar-refractivity contribution is 0.0949. The minimum Gasteiger partial charge on any atom is -0.507 e. The summed E-state index contributed by atoms with van der Waals surface area (Å²) in [6.07, 6.45) is 1.37. The van der Waals surface area contributed by atoms with Gasteiger partial charge in [-0.1, -0.05) is 6.92 Å². The van der Waals surface area contributed by atoms with Gasteiger partial charge in [0.05, 0.1) is 16.6 Å². The molecule has 0 saturated carbocycles. The van der Waals surface area contributed by atoms with Crippen LogP contribution in [0.3, 0.4) is 0 Å². The van der Waals surface area contributed by atoms with E-state index in [2.05, 4.69) is 42.8 Å². The number of phenols is 1. The van der Waals surface area contributed by atoms with Gasteiger partial charge in [0.2, 0.25) is 0 Å². The smallest absolute Gasteiger partial charge is 0.255 e. The Morgan fingerprint density at radius 3 is 2.72 bits per heavy atom. The van der Waals surface area contributed by atoms with Crippen molar-refractivity contribution in [2.24, 2.45) is 0 Å². The third-order valence-corrected chi connectivity index (χ3v) is 6.18. The number of hydrogen-bond donors (Lipinski definition) is 2. The first-order valence-electron chi connectivity index (χ1n) is 10.9. The lowest BCUT2D eigenvalue weighted by atomic mass is 10.1. The molecule has 7 nitrogen and oxygen atoms in total. The lowest BCUT2D eigenvalue weighted by Crippen LogP contribution is -2.37. The van der Waals surface area contributed by atoms with Crippen LogP contribution in [-0.4, -0.2) is 58.7 Å². The number of benzene rings is 2. The van der Waals surface area contributed by atoms with Crippen LogP contribution in [0.4, 0.5) is 4.39 Å². The summed E-state index contributed by atoms with van der Waals surface area (Å²) < 4.78 is 20.1. The van der Waals surface area contributed by atoms with E-state index in [4.69, 9.17) is 4.74 Å². The Bertz CT molecular complexity index is 1350. The number of nitrogens with one attached hydrogen (secondary N) is 1. The molecule has 4 rings (SSSR count). The molecule has 0 saturated heterocycles. The summed E-state index contributed by atoms with van der Waals surface area (Å²) in [5.74, 6) is -0.676. The van der Waals surface area contributed by atoms with Crippen LogP contribution in [-0.2, 0) is 0 Å². The maximum atomic E-state index is 13.6. The van der Waals surface area contributed by atoms with E-state index in [1.54, 1.807) is 18.2 Å². The number of aromatic nitrogens is 2. The fraction of sp³-hybridized carbons (Fsp3) is 0.240. The van der Waals surface area contributed by atoms with Gasteiger partial charge in [0.25, 0.3) is 11.9 Å². The molecular weight excluding hydrogens is 621 g/mol. The topological polar surface area (TPSA) is 87.6 Å². The first kappa shape index (κ1) is 29.8. The average molecular weight is 647 g/mol. The van der Waals surface area contributed by atoms with E-state index in [-0.39, 0.29) is 42.2 Å². The van der Waals surface area contributed by atoms with E-state index in [9.17, 15) is 14.3 Å². The minimum atomic E-state index is -0.630. The first-order chi connectivity index (χ1) is 16.5. The molecule has 36 heavy (non-hydrogen) atoms. The Balaban J connectivity index is 0.00000228. The number of phenolic OH excluding ortho intramolecular Hbond substituents is 1. The number of amides is 1. The molecule has 1 amide bonds. The second kappa shape index (κ2) is 13.7. The number of carbonyl (C=O) groups excluding carboxylic acids is 1. The van der Waals surface area contributed by atoms with Gasteiger partial charge in [-0.05, 0) is 77.7 Å². The Kier molecular flexibility index (Phi) is 11.4. The van der Waals surface area contributed by atoms with Crippen molar-refractivity contribution < 1.29 is 19.0 Å². The minimum absolute atomic E-state index is 0. The molecule has 2 N–H and O–H groups in total. The maximum Gasteiger partial charge on any atom is 0.255 e. The van der Waals surface area contributed by atoms with E-state index >= 15 is 0 Å². The van der Waals surface area contributed by atoms with Crippen molar-refractivity contribution in [2.45, 2.75) is 6.92 Å². The highest BCUT2D eigenvalue weighted by molar-refractivity contribution is 14.1. The Labute approximate surface area is 234 Å². The Hall–Kier alpha value is -2.47. The highest BCUT2D eigenvalue weighted by Crippen LogP contribution is 2.30. The number of pyridine rings is 2. The van der Waals surface area contributed by atoms with Crippen molar-refractivity contribution >= 4 is 75.1 Å². The highest BCUT2D eigenvalue weighted by atomic mass is 127. The molecule has 192 valence electrons. The standard InChI is InChI=1S/C25H24FIN4O3.2ClH/c1-2-31(12-13-34-22-4-3-9-28-24(22)26)11-10-29-25(33)18-6-8-21(32)19-15-16-14-17(27)5-7-20(16)30-23(18)19;;/h3-9,14-15,32H,2,10-13H2,1H3,(H,29,33);2*1H. The lowest BCUT2D eigenvalue weighted by Gasteiger charge is -2.20. The molecule has 0 radical (unpaired) electrons. The van der Waals surface area contributed by atoms with E-state index in [0.29, 0.717) is 42.7 Å². The van der Waals surface area contributed by atoms with Gasteiger partial charge in [-0.3, -0.25) is 9.69 Å². The number of ether oxygens (including phenoxy) is 1. The van der Waals surface area contributed by atoms with Crippen molar-refractivity contribution in [2.75, 3.05) is 32.8 Å². The summed E-state index contributed by atoms with van der Waals surface area (Å²) >= 11 is 2.23. The molecule has 4 aromatic rings. The molecule has 0 spiro atoms. The summed E-state index contributed by atoms with van der Waals surface area (Å²) in [6, 6.07) is 14.0. The number of aromatic hydroxyl groups is 1. The number of halogens is 4. The second-order valence-electron chi connectivity index (χ2n) is 7.68. The predicted molar refractivity (Wildman–Crippen MR) is 152 cm³/mol. The quantitative estimate of drug-likeness (QED) is 0.148. The van der Waals surface area contributed by atoms with Crippen LogP contribution in [0.5, 0.6) is 11.5 Å². The monoisotopic (exact) mass is 646 g/mol. The first-order valence-corrected chi connectivity index (χ1v) is 12.0. The van der Waals surface area contributed by atoms with Crippen LogP contribution >= 0.6 is 47.4 Å². The van der Waals surface area contributed by atoms with E-state index in [0.717, 1.165) is 21.0 Å². The van der Waals surface area contributed by atoms with Crippen LogP contribution < -0.4 is 10.1 Å². The molecule has 0 bridgehead atoms. The fourth-order valence-electron chi connectivity index (χ4n) is 3.68. The van der Waals surface area contributed by atoms with Crippen LogP contribution in [0, 0.1) is 9.52 Å². The zero-order chi connectivity index (χ0) is 24.1. The summed E-state index contributed by atoms with van der Waals surface area (Å²) in [6.45, 7) is 4.67. The van der Waals surface area contributed by atoms with Gasteiger partial charge in [0.1, 0.15) is 12.4 Å². The molecule has 0 fully saturated rings. The summed E-state index contributed by atoms with van der Waals surface area (Å²) in [5.41, 5.74) is 1.63. The summed E-state index contributed by atoms with van der Waals surface area (Å²) in [5, 5.41) is 14.7. The highest BCUT2D eigenvalue weighted by Gasteiger charge is 2.15. The van der Waals surface area contributed by atoms with Crippen molar-refractivity contribution in [3.05, 3.63) is 69.8 Å². The number of likely N-dealkylation sites (N-methyl/N-ethyl adjacent to an activating group) is 1. The number of carbonyl (C=O) groups is 1. The van der Waals surface area contributed by atoms with Gasteiger partial charge >= 0.3 is 0 Å². The molecule has 0 aliphatic carbocycles. The Morgan fingerprint density at radius 1 is 1.17 bits per heavy atom. The van der Waals surface area contributed by atoms with Crippen molar-refractivity contribution in [1.82, 2.24) is 20.2 Å². The van der Waals surface area contributed by atoms with Gasteiger partial charge in [-0.2, -0.15) is 4.39 Å². The van der Waals surface area contributed by atoms with Crippen molar-refractivity contribution in [3.8, 4) is 11.5 Å². The molecular formula is C25H26Cl2FIN4O3. The maximum absolute atomic E-state index is 13.6. The van der Waals surface area contributed by atoms with E-state index in [1.807, 2.05) is 31.2 Å². The molecule has 11 heteroatoms. The van der Waals surface area contributed by atoms with Crippen molar-refractivity contribution in [1.29, 1.82) is 0 Å². The summed E-state index contributed by atoms with van der Waals surface area (Å²) in [4.78, 5) is 23.3. The van der Waals surface area contributed by atoms with E-state index in [1.165, 1.54) is 12.3 Å². The Morgan fingerprint density at radius 2 is 1.97 bits per heavy atom. The largest absolute Gasteiger partial charge is 0.507 e. The number of hydrogen-bond acceptors (Lipinski definition) is 6. The molecule has 2 aromatic carbocycles. The second-order valence-corrected chi connectivity index (χ2v) is 8.93. The van der Waals surface area contributed by atoms with Crippen molar-refractivity contribution in [3.63, 3.8) is 0 Å². The third-order valence-electron chi connectivity index (χ3n) is 5.51. The molecule has 2 aromatic heterocycles. The van der Waals surface area contributed by atoms with Gasteiger partial charge in [-0.25, -0.2) is 9.97 Å². The number of fused-ring (bicyclic) bond motifs is 2. The predicted octanol–water partition coefficient (Wildman–Crippen LogP) is 5.21. The molecule has 2 heterocycles. The molecule has 0 unspecified atom stereocenters. The zero-order valence-corrected chi connectivity index (χ0v) is 23.2. The van der Waals surface area contributed by atoms with Crippen LogP contribution in [0.15, 0.2) is 54.7 Å². The SMILES string of the molecule is CCN(CCNC(=O)c1ccc(O)c2cc3cc(I)ccc3nc12)CCOc1cccnc1F.Cl.Cl. The van der Waals surface area contributed by atoms with Gasteiger partial charge in [0.15, 0.2) is 5.75 Å². The number of rotatable bonds is 9. The molecule has 0 aliphatic heterocycles. The van der Waals surface area contributed by atoms with Gasteiger partial charge in [0, 0.05) is 40.2 Å². The van der Waals surface area contributed by atoms with Gasteiger partial charge < -0.3 is 15.2 Å². The van der Waals surface area contributed by atoms with Crippen LogP contribution in [0.1, 0.15) is 17.3 Å². The third kappa shape index (κ3) is 7.06. The average Bonchev–Trinajstić information content (AvgIpc) is 2.83. The fourth-order valence-corrected chi connectivity index (χ4v) is 4.19. The normalized spacial score (nSPS) is 10.7.